The monoisotopic (exact) mass is 275 g/mol. The summed E-state index contributed by atoms with van der Waals surface area (Å²) < 4.78 is 7.41. The third-order valence-corrected chi connectivity index (χ3v) is 5.67. The second-order valence-corrected chi connectivity index (χ2v) is 6.94. The predicted molar refractivity (Wildman–Crippen MR) is 86.5 cm³/mol. The Morgan fingerprint density at radius 1 is 0.947 bits per heavy atom. The first-order chi connectivity index (χ1) is 9.02. The number of hydrogen-bond donors (Lipinski definition) is 0. The highest BCUT2D eigenvalue weighted by Crippen LogP contribution is 2.54. The van der Waals surface area contributed by atoms with Crippen molar-refractivity contribution in [2.24, 2.45) is 7.05 Å². The summed E-state index contributed by atoms with van der Waals surface area (Å²) in [7, 11) is 2.90. The molecule has 1 aliphatic rings. The van der Waals surface area contributed by atoms with E-state index in [-0.39, 0.29) is 0 Å². The highest BCUT2D eigenvalue weighted by atomic mass is 31.1. The maximum atomic E-state index is 2.54. The SMILES string of the molecule is CC(C)N1PN(C(C)C)c2c1c1ccccc1n2C. The van der Waals surface area contributed by atoms with Crippen molar-refractivity contribution in [3.05, 3.63) is 24.3 Å². The van der Waals surface area contributed by atoms with E-state index < -0.39 is 0 Å². The number of nitrogens with zero attached hydrogens (tertiary/aromatic N) is 3. The molecule has 4 heteroatoms. The van der Waals surface area contributed by atoms with Crippen LogP contribution in [0.3, 0.4) is 0 Å². The van der Waals surface area contributed by atoms with Gasteiger partial charge in [-0.15, -0.1) is 0 Å². The molecule has 1 aromatic heterocycles. The van der Waals surface area contributed by atoms with Crippen molar-refractivity contribution >= 4 is 31.3 Å². The zero-order valence-electron chi connectivity index (χ0n) is 12.3. The molecule has 0 spiro atoms. The van der Waals surface area contributed by atoms with E-state index in [0.717, 1.165) is 8.88 Å². The van der Waals surface area contributed by atoms with Crippen molar-refractivity contribution in [3.63, 3.8) is 0 Å². The van der Waals surface area contributed by atoms with Crippen molar-refractivity contribution in [2.75, 3.05) is 9.34 Å². The van der Waals surface area contributed by atoms with Crippen molar-refractivity contribution in [2.45, 2.75) is 39.8 Å². The Hall–Kier alpha value is -1.21. The van der Waals surface area contributed by atoms with Crippen LogP contribution in [0.1, 0.15) is 27.7 Å². The van der Waals surface area contributed by atoms with E-state index in [1.165, 1.54) is 22.4 Å². The number of anilines is 2. The number of fused-ring (bicyclic) bond motifs is 3. The van der Waals surface area contributed by atoms with Gasteiger partial charge in [-0.2, -0.15) is 0 Å². The summed E-state index contributed by atoms with van der Waals surface area (Å²) in [5.41, 5.74) is 2.74. The minimum absolute atomic E-state index is 0.531. The third kappa shape index (κ3) is 1.75. The lowest BCUT2D eigenvalue weighted by atomic mass is 10.2. The summed E-state index contributed by atoms with van der Waals surface area (Å²) in [6.07, 6.45) is 0. The van der Waals surface area contributed by atoms with E-state index >= 15 is 0 Å². The molecule has 3 rings (SSSR count). The zero-order chi connectivity index (χ0) is 13.7. The molecule has 102 valence electrons. The van der Waals surface area contributed by atoms with E-state index in [4.69, 9.17) is 0 Å². The summed E-state index contributed by atoms with van der Waals surface area (Å²) in [6, 6.07) is 9.79. The molecule has 2 aromatic rings. The van der Waals surface area contributed by atoms with E-state index in [0.29, 0.717) is 12.1 Å². The summed E-state index contributed by atoms with van der Waals surface area (Å²) in [5.74, 6) is 1.38. The topological polar surface area (TPSA) is 11.4 Å². The Balaban J connectivity index is 2.30. The zero-order valence-corrected chi connectivity index (χ0v) is 13.3. The molecule has 19 heavy (non-hydrogen) atoms. The van der Waals surface area contributed by atoms with Crippen LogP contribution in [0, 0.1) is 0 Å². The first-order valence-electron chi connectivity index (χ1n) is 6.94. The van der Waals surface area contributed by atoms with Gasteiger partial charge in [-0.3, -0.25) is 0 Å². The molecule has 0 aliphatic carbocycles. The molecular formula is C15H22N3P. The van der Waals surface area contributed by atoms with Crippen LogP contribution in [-0.4, -0.2) is 16.7 Å². The Labute approximate surface area is 117 Å². The Morgan fingerprint density at radius 2 is 1.58 bits per heavy atom. The van der Waals surface area contributed by atoms with Crippen molar-refractivity contribution < 1.29 is 0 Å². The standard InChI is InChI=1S/C15H22N3P/c1-10(2)17-14-12-8-6-7-9-13(12)16(5)15(14)18(19-17)11(3)4/h6-11,19H,1-5H3. The number of para-hydroxylation sites is 1. The van der Waals surface area contributed by atoms with E-state index in [2.05, 4.69) is 72.9 Å². The highest BCUT2D eigenvalue weighted by molar-refractivity contribution is 7.43. The second-order valence-electron chi connectivity index (χ2n) is 5.78. The first-order valence-corrected chi connectivity index (χ1v) is 7.84. The smallest absolute Gasteiger partial charge is 0.138 e. The Bertz CT molecular complexity index is 615. The van der Waals surface area contributed by atoms with Crippen LogP contribution in [0.25, 0.3) is 10.9 Å². The lowest BCUT2D eigenvalue weighted by Gasteiger charge is -2.27. The molecule has 1 aromatic carbocycles. The van der Waals surface area contributed by atoms with Crippen molar-refractivity contribution in [3.8, 4) is 0 Å². The van der Waals surface area contributed by atoms with Gasteiger partial charge in [0.25, 0.3) is 0 Å². The number of aromatic nitrogens is 1. The number of benzene rings is 1. The van der Waals surface area contributed by atoms with Crippen LogP contribution in [-0.2, 0) is 7.05 Å². The number of rotatable bonds is 2. The largest absolute Gasteiger partial charge is 0.330 e. The summed E-state index contributed by atoms with van der Waals surface area (Å²) in [6.45, 7) is 9.11. The minimum Gasteiger partial charge on any atom is -0.330 e. The van der Waals surface area contributed by atoms with Crippen LogP contribution in [0.2, 0.25) is 0 Å². The van der Waals surface area contributed by atoms with Gasteiger partial charge in [0.1, 0.15) is 5.82 Å². The van der Waals surface area contributed by atoms with Crippen LogP contribution in [0.5, 0.6) is 0 Å². The molecule has 2 heterocycles. The minimum atomic E-state index is 0.531. The molecule has 0 N–H and O–H groups in total. The molecule has 1 atom stereocenters. The van der Waals surface area contributed by atoms with E-state index in [1.807, 2.05) is 0 Å². The molecule has 1 unspecified atom stereocenters. The summed E-state index contributed by atoms with van der Waals surface area (Å²) in [4.78, 5) is 0. The van der Waals surface area contributed by atoms with Crippen molar-refractivity contribution in [1.29, 1.82) is 0 Å². The van der Waals surface area contributed by atoms with Gasteiger partial charge in [-0.25, -0.2) is 0 Å². The Morgan fingerprint density at radius 3 is 2.21 bits per heavy atom. The average molecular weight is 275 g/mol. The number of aryl methyl sites for hydroxylation is 1. The van der Waals surface area contributed by atoms with Crippen LogP contribution in [0.15, 0.2) is 24.3 Å². The average Bonchev–Trinajstić information content (AvgIpc) is 2.88. The predicted octanol–water partition coefficient (Wildman–Crippen LogP) is 4.13. The van der Waals surface area contributed by atoms with Gasteiger partial charge in [0, 0.05) is 24.5 Å². The second kappa shape index (κ2) is 4.42. The van der Waals surface area contributed by atoms with Gasteiger partial charge in [0.2, 0.25) is 0 Å². The lowest BCUT2D eigenvalue weighted by molar-refractivity contribution is 0.801. The van der Waals surface area contributed by atoms with E-state index in [1.54, 1.807) is 0 Å². The van der Waals surface area contributed by atoms with Gasteiger partial charge >= 0.3 is 0 Å². The Kier molecular flexibility index (Phi) is 2.98. The van der Waals surface area contributed by atoms with Crippen LogP contribution >= 0.6 is 8.88 Å². The molecule has 0 saturated carbocycles. The molecule has 0 saturated heterocycles. The third-order valence-electron chi connectivity index (χ3n) is 3.77. The van der Waals surface area contributed by atoms with Crippen molar-refractivity contribution in [1.82, 2.24) is 4.57 Å². The molecule has 0 amide bonds. The molecule has 1 aliphatic heterocycles. The lowest BCUT2D eigenvalue weighted by Crippen LogP contribution is -2.25. The van der Waals surface area contributed by atoms with Gasteiger partial charge in [0.05, 0.1) is 20.1 Å². The van der Waals surface area contributed by atoms with Gasteiger partial charge < -0.3 is 13.9 Å². The summed E-state index contributed by atoms with van der Waals surface area (Å²) >= 11 is 0. The molecule has 0 radical (unpaired) electrons. The van der Waals surface area contributed by atoms with Crippen LogP contribution in [0.4, 0.5) is 11.5 Å². The van der Waals surface area contributed by atoms with Crippen LogP contribution < -0.4 is 9.34 Å². The normalized spacial score (nSPS) is 16.4. The maximum absolute atomic E-state index is 2.54. The van der Waals surface area contributed by atoms with Gasteiger partial charge in [0.15, 0.2) is 0 Å². The molecule has 3 nitrogen and oxygen atoms in total. The van der Waals surface area contributed by atoms with Gasteiger partial charge in [-0.1, -0.05) is 18.2 Å². The fourth-order valence-electron chi connectivity index (χ4n) is 2.82. The fourth-order valence-corrected chi connectivity index (χ4v) is 4.19. The first kappa shape index (κ1) is 12.8. The fraction of sp³-hybridized carbons (Fsp3) is 0.467. The maximum Gasteiger partial charge on any atom is 0.138 e. The number of hydrogen-bond acceptors (Lipinski definition) is 2. The molecule has 0 bridgehead atoms. The highest BCUT2D eigenvalue weighted by Gasteiger charge is 2.34. The molecular weight excluding hydrogens is 253 g/mol. The van der Waals surface area contributed by atoms with Gasteiger partial charge in [-0.05, 0) is 33.8 Å². The quantitative estimate of drug-likeness (QED) is 0.763. The molecule has 0 fully saturated rings. The van der Waals surface area contributed by atoms with E-state index in [9.17, 15) is 0 Å². The summed E-state index contributed by atoms with van der Waals surface area (Å²) in [5, 5.41) is 1.38.